The van der Waals surface area contributed by atoms with Crippen molar-refractivity contribution in [2.45, 2.75) is 19.8 Å². The predicted octanol–water partition coefficient (Wildman–Crippen LogP) is 5.21. The van der Waals surface area contributed by atoms with Gasteiger partial charge in [-0.2, -0.15) is 4.98 Å². The molecule has 0 aliphatic carbocycles. The van der Waals surface area contributed by atoms with Crippen LogP contribution in [-0.2, 0) is 0 Å². The van der Waals surface area contributed by atoms with Crippen molar-refractivity contribution in [2.75, 3.05) is 5.32 Å². The van der Waals surface area contributed by atoms with Crippen molar-refractivity contribution in [3.63, 3.8) is 0 Å². The summed E-state index contributed by atoms with van der Waals surface area (Å²) in [5.74, 6) is 0.414. The number of non-ortho nitro benzene ring substituents is 1. The molecule has 0 atom stereocenters. The van der Waals surface area contributed by atoms with Crippen molar-refractivity contribution in [3.05, 3.63) is 52.1 Å². The molecule has 0 aliphatic rings. The summed E-state index contributed by atoms with van der Waals surface area (Å²) in [5.41, 5.74) is 3.41. The number of thiazole rings is 1. The Kier molecular flexibility index (Phi) is 3.61. The fourth-order valence-corrected chi connectivity index (χ4v) is 3.42. The van der Waals surface area contributed by atoms with Crippen LogP contribution in [-0.4, -0.2) is 14.9 Å². The van der Waals surface area contributed by atoms with Crippen LogP contribution < -0.4 is 5.32 Å². The Bertz CT molecular complexity index is 1100. The van der Waals surface area contributed by atoms with E-state index in [2.05, 4.69) is 29.1 Å². The molecule has 2 aromatic carbocycles. The van der Waals surface area contributed by atoms with Gasteiger partial charge in [0.25, 0.3) is 5.69 Å². The summed E-state index contributed by atoms with van der Waals surface area (Å²) in [6.45, 7) is 4.25. The molecule has 0 fully saturated rings. The first kappa shape index (κ1) is 15.5. The number of anilines is 2. The van der Waals surface area contributed by atoms with E-state index in [1.54, 1.807) is 6.07 Å². The van der Waals surface area contributed by atoms with Crippen molar-refractivity contribution in [2.24, 2.45) is 0 Å². The van der Waals surface area contributed by atoms with Gasteiger partial charge in [0.05, 0.1) is 15.1 Å². The minimum Gasteiger partial charge on any atom is -0.423 e. The van der Waals surface area contributed by atoms with Gasteiger partial charge >= 0.3 is 6.01 Å². The van der Waals surface area contributed by atoms with Gasteiger partial charge in [0.15, 0.2) is 10.7 Å². The molecule has 0 saturated heterocycles. The third-order valence-corrected chi connectivity index (χ3v) is 4.81. The van der Waals surface area contributed by atoms with Gasteiger partial charge in [-0.05, 0) is 29.7 Å². The van der Waals surface area contributed by atoms with Crippen molar-refractivity contribution < 1.29 is 9.34 Å². The van der Waals surface area contributed by atoms with E-state index in [-0.39, 0.29) is 5.69 Å². The van der Waals surface area contributed by atoms with Crippen LogP contribution in [0.15, 0.2) is 40.8 Å². The SMILES string of the molecule is CC(C)c1ccc2oc(Nc3nc4ccc([N+](=O)[O-])cc4s3)nc2c1. The zero-order valence-corrected chi connectivity index (χ0v) is 14.3. The highest BCUT2D eigenvalue weighted by molar-refractivity contribution is 7.22. The lowest BCUT2D eigenvalue weighted by molar-refractivity contribution is -0.384. The summed E-state index contributed by atoms with van der Waals surface area (Å²) in [6.07, 6.45) is 0. The fraction of sp³-hybridized carbons (Fsp3) is 0.176. The molecule has 0 aliphatic heterocycles. The highest BCUT2D eigenvalue weighted by Gasteiger charge is 2.13. The number of rotatable bonds is 4. The summed E-state index contributed by atoms with van der Waals surface area (Å²) in [4.78, 5) is 19.3. The zero-order valence-electron chi connectivity index (χ0n) is 13.5. The first-order chi connectivity index (χ1) is 12.0. The summed E-state index contributed by atoms with van der Waals surface area (Å²) in [7, 11) is 0. The van der Waals surface area contributed by atoms with Gasteiger partial charge in [-0.15, -0.1) is 0 Å². The molecule has 25 heavy (non-hydrogen) atoms. The van der Waals surface area contributed by atoms with E-state index < -0.39 is 4.92 Å². The average molecular weight is 354 g/mol. The van der Waals surface area contributed by atoms with E-state index in [4.69, 9.17) is 4.42 Å². The first-order valence-corrected chi connectivity index (χ1v) is 8.54. The number of nitrogens with one attached hydrogen (secondary N) is 1. The molecule has 0 amide bonds. The lowest BCUT2D eigenvalue weighted by Gasteiger charge is -2.02. The molecule has 1 N–H and O–H groups in total. The number of oxazole rings is 1. The third kappa shape index (κ3) is 2.91. The van der Waals surface area contributed by atoms with Crippen LogP contribution in [0.5, 0.6) is 0 Å². The second-order valence-electron chi connectivity index (χ2n) is 5.95. The van der Waals surface area contributed by atoms with Gasteiger partial charge in [0, 0.05) is 12.1 Å². The molecule has 0 unspecified atom stereocenters. The summed E-state index contributed by atoms with van der Waals surface area (Å²) in [5, 5.41) is 14.5. The van der Waals surface area contributed by atoms with E-state index >= 15 is 0 Å². The van der Waals surface area contributed by atoms with Crippen LogP contribution in [0.3, 0.4) is 0 Å². The van der Waals surface area contributed by atoms with Gasteiger partial charge in [-0.1, -0.05) is 31.3 Å². The summed E-state index contributed by atoms with van der Waals surface area (Å²) >= 11 is 1.31. The maximum absolute atomic E-state index is 10.9. The highest BCUT2D eigenvalue weighted by Crippen LogP contribution is 2.32. The van der Waals surface area contributed by atoms with Crippen LogP contribution in [0.2, 0.25) is 0 Å². The first-order valence-electron chi connectivity index (χ1n) is 7.72. The number of hydrogen-bond donors (Lipinski definition) is 1. The second kappa shape index (κ2) is 5.82. The van der Waals surface area contributed by atoms with Crippen molar-refractivity contribution in [3.8, 4) is 0 Å². The molecule has 7 nitrogen and oxygen atoms in total. The van der Waals surface area contributed by atoms with Crippen LogP contribution in [0, 0.1) is 10.1 Å². The highest BCUT2D eigenvalue weighted by atomic mass is 32.1. The molecule has 0 spiro atoms. The standard InChI is InChI=1S/C17H14N4O3S/c1-9(2)10-3-6-14-13(7-10)18-16(24-14)20-17-19-12-5-4-11(21(22)23)8-15(12)25-17/h3-9H,1-2H3,(H,18,19,20). The van der Waals surface area contributed by atoms with E-state index in [1.807, 2.05) is 18.2 Å². The topological polar surface area (TPSA) is 94.1 Å². The Morgan fingerprint density at radius 1 is 1.16 bits per heavy atom. The third-order valence-electron chi connectivity index (χ3n) is 3.87. The normalized spacial score (nSPS) is 11.5. The number of benzene rings is 2. The minimum absolute atomic E-state index is 0.0470. The summed E-state index contributed by atoms with van der Waals surface area (Å²) < 4.78 is 6.43. The van der Waals surface area contributed by atoms with Crippen molar-refractivity contribution in [1.82, 2.24) is 9.97 Å². The monoisotopic (exact) mass is 354 g/mol. The van der Waals surface area contributed by atoms with Gasteiger partial charge in [-0.25, -0.2) is 4.98 Å². The number of fused-ring (bicyclic) bond motifs is 2. The van der Waals surface area contributed by atoms with E-state index in [0.29, 0.717) is 28.2 Å². The number of aromatic nitrogens is 2. The zero-order chi connectivity index (χ0) is 17.6. The molecule has 0 saturated carbocycles. The molecule has 126 valence electrons. The van der Waals surface area contributed by atoms with Crippen LogP contribution in [0.1, 0.15) is 25.3 Å². The molecular formula is C17H14N4O3S. The largest absolute Gasteiger partial charge is 0.423 e. The molecule has 2 heterocycles. The van der Waals surface area contributed by atoms with Gasteiger partial charge in [0.2, 0.25) is 0 Å². The van der Waals surface area contributed by atoms with Crippen LogP contribution >= 0.6 is 11.3 Å². The lowest BCUT2D eigenvalue weighted by Crippen LogP contribution is -1.88. The van der Waals surface area contributed by atoms with Crippen molar-refractivity contribution in [1.29, 1.82) is 0 Å². The van der Waals surface area contributed by atoms with Gasteiger partial charge < -0.3 is 4.42 Å². The molecule has 4 rings (SSSR count). The van der Waals surface area contributed by atoms with Crippen LogP contribution in [0.25, 0.3) is 21.3 Å². The molecule has 2 aromatic heterocycles. The molecular weight excluding hydrogens is 340 g/mol. The average Bonchev–Trinajstić information content (AvgIpc) is 3.15. The molecule has 0 bridgehead atoms. The second-order valence-corrected chi connectivity index (χ2v) is 6.98. The van der Waals surface area contributed by atoms with E-state index in [1.165, 1.54) is 29.0 Å². The number of nitro benzene ring substituents is 1. The maximum Gasteiger partial charge on any atom is 0.302 e. The summed E-state index contributed by atoms with van der Waals surface area (Å²) in [6, 6.07) is 10.9. The molecule has 4 aromatic rings. The van der Waals surface area contributed by atoms with Crippen molar-refractivity contribution >= 4 is 49.5 Å². The number of nitro groups is 1. The molecule has 0 radical (unpaired) electrons. The van der Waals surface area contributed by atoms with Gasteiger partial charge in [-0.3, -0.25) is 15.4 Å². The molecule has 8 heteroatoms. The quantitative estimate of drug-likeness (QED) is 0.399. The Balaban J connectivity index is 1.66. The van der Waals surface area contributed by atoms with E-state index in [0.717, 1.165) is 10.2 Å². The minimum atomic E-state index is -0.417. The number of hydrogen-bond acceptors (Lipinski definition) is 7. The van der Waals surface area contributed by atoms with Crippen LogP contribution in [0.4, 0.5) is 16.8 Å². The Morgan fingerprint density at radius 3 is 2.76 bits per heavy atom. The maximum atomic E-state index is 10.9. The Labute approximate surface area is 146 Å². The van der Waals surface area contributed by atoms with Gasteiger partial charge in [0.1, 0.15) is 5.52 Å². The fourth-order valence-electron chi connectivity index (χ4n) is 2.53. The predicted molar refractivity (Wildman–Crippen MR) is 97.7 cm³/mol. The Hall–Kier alpha value is -3.00. The smallest absolute Gasteiger partial charge is 0.302 e. The lowest BCUT2D eigenvalue weighted by atomic mass is 10.0. The van der Waals surface area contributed by atoms with E-state index in [9.17, 15) is 10.1 Å². The number of nitrogens with zero attached hydrogens (tertiary/aromatic N) is 3. The Morgan fingerprint density at radius 2 is 2.00 bits per heavy atom.